The number of rotatable bonds is 7. The summed E-state index contributed by atoms with van der Waals surface area (Å²) in [6.45, 7) is 4.71. The lowest BCUT2D eigenvalue weighted by molar-refractivity contribution is -0.143. The SMILES string of the molecule is CCOC(=O)CCN(C)CC(=O)Nc1ccc(C)c(Cl)c1. The number of aryl methyl sites for hydroxylation is 1. The number of carbonyl (C=O) groups excluding carboxylic acids is 2. The molecule has 0 fully saturated rings. The van der Waals surface area contributed by atoms with Crippen LogP contribution in [-0.2, 0) is 14.3 Å². The lowest BCUT2D eigenvalue weighted by Gasteiger charge is -2.16. The van der Waals surface area contributed by atoms with Crippen LogP contribution in [0.3, 0.4) is 0 Å². The molecule has 6 heteroatoms. The number of nitrogens with one attached hydrogen (secondary N) is 1. The average molecular weight is 313 g/mol. The van der Waals surface area contributed by atoms with E-state index in [0.717, 1.165) is 5.56 Å². The normalized spacial score (nSPS) is 10.5. The van der Waals surface area contributed by atoms with Crippen LogP contribution in [0.15, 0.2) is 18.2 Å². The summed E-state index contributed by atoms with van der Waals surface area (Å²) < 4.78 is 4.84. The highest BCUT2D eigenvalue weighted by Crippen LogP contribution is 2.19. The maximum Gasteiger partial charge on any atom is 0.307 e. The third kappa shape index (κ3) is 6.60. The van der Waals surface area contributed by atoms with Gasteiger partial charge in [-0.3, -0.25) is 14.5 Å². The lowest BCUT2D eigenvalue weighted by atomic mass is 10.2. The summed E-state index contributed by atoms with van der Waals surface area (Å²) in [6.07, 6.45) is 0.272. The summed E-state index contributed by atoms with van der Waals surface area (Å²) in [5.74, 6) is -0.406. The van der Waals surface area contributed by atoms with E-state index in [1.165, 1.54) is 0 Å². The minimum Gasteiger partial charge on any atom is -0.466 e. The molecule has 0 radical (unpaired) electrons. The molecule has 1 N–H and O–H groups in total. The second-order valence-corrected chi connectivity index (χ2v) is 5.21. The fourth-order valence-corrected chi connectivity index (χ4v) is 1.89. The second-order valence-electron chi connectivity index (χ2n) is 4.80. The minimum atomic E-state index is -0.255. The Hall–Kier alpha value is -1.59. The van der Waals surface area contributed by atoms with Crippen molar-refractivity contribution in [3.05, 3.63) is 28.8 Å². The van der Waals surface area contributed by atoms with Gasteiger partial charge in [0.05, 0.1) is 19.6 Å². The molecule has 1 rings (SSSR count). The van der Waals surface area contributed by atoms with Crippen molar-refractivity contribution in [3.8, 4) is 0 Å². The van der Waals surface area contributed by atoms with Crippen LogP contribution in [-0.4, -0.2) is 43.5 Å². The van der Waals surface area contributed by atoms with Gasteiger partial charge in [0, 0.05) is 17.3 Å². The largest absolute Gasteiger partial charge is 0.466 e. The van der Waals surface area contributed by atoms with Crippen LogP contribution in [0.4, 0.5) is 5.69 Å². The fraction of sp³-hybridized carbons (Fsp3) is 0.467. The molecular weight excluding hydrogens is 292 g/mol. The van der Waals surface area contributed by atoms with Crippen molar-refractivity contribution in [2.45, 2.75) is 20.3 Å². The molecule has 0 unspecified atom stereocenters. The number of hydrogen-bond acceptors (Lipinski definition) is 4. The molecular formula is C15H21ClN2O3. The van der Waals surface area contributed by atoms with Gasteiger partial charge in [-0.15, -0.1) is 0 Å². The number of benzene rings is 1. The van der Waals surface area contributed by atoms with Crippen molar-refractivity contribution in [2.24, 2.45) is 0 Å². The molecule has 0 spiro atoms. The molecule has 0 aliphatic carbocycles. The summed E-state index contributed by atoms with van der Waals surface area (Å²) >= 11 is 6.00. The first kappa shape index (κ1) is 17.5. The highest BCUT2D eigenvalue weighted by molar-refractivity contribution is 6.31. The highest BCUT2D eigenvalue weighted by atomic mass is 35.5. The van der Waals surface area contributed by atoms with Gasteiger partial charge in [0.25, 0.3) is 0 Å². The van der Waals surface area contributed by atoms with Crippen LogP contribution in [0, 0.1) is 6.92 Å². The maximum atomic E-state index is 11.9. The summed E-state index contributed by atoms with van der Waals surface area (Å²) in [5.41, 5.74) is 1.62. The number of ether oxygens (including phenoxy) is 1. The average Bonchev–Trinajstić information content (AvgIpc) is 2.41. The predicted molar refractivity (Wildman–Crippen MR) is 83.6 cm³/mol. The number of esters is 1. The Bertz CT molecular complexity index is 506. The summed E-state index contributed by atoms with van der Waals surface area (Å²) in [7, 11) is 1.78. The quantitative estimate of drug-likeness (QED) is 0.786. The predicted octanol–water partition coefficient (Wildman–Crippen LogP) is 2.47. The van der Waals surface area contributed by atoms with Gasteiger partial charge < -0.3 is 10.1 Å². The highest BCUT2D eigenvalue weighted by Gasteiger charge is 2.10. The van der Waals surface area contributed by atoms with Crippen molar-refractivity contribution in [2.75, 3.05) is 32.1 Å². The Morgan fingerprint density at radius 3 is 2.71 bits per heavy atom. The molecule has 0 aliphatic rings. The van der Waals surface area contributed by atoms with Crippen molar-refractivity contribution in [1.82, 2.24) is 4.90 Å². The van der Waals surface area contributed by atoms with Crippen LogP contribution in [0.5, 0.6) is 0 Å². The van der Waals surface area contributed by atoms with Crippen molar-refractivity contribution in [1.29, 1.82) is 0 Å². The number of amides is 1. The van der Waals surface area contributed by atoms with E-state index in [4.69, 9.17) is 16.3 Å². The molecule has 0 aliphatic heterocycles. The van der Waals surface area contributed by atoms with Crippen LogP contribution in [0.1, 0.15) is 18.9 Å². The van der Waals surface area contributed by atoms with E-state index < -0.39 is 0 Å². The van der Waals surface area contributed by atoms with Gasteiger partial charge in [0.2, 0.25) is 5.91 Å². The first-order valence-electron chi connectivity index (χ1n) is 6.82. The Kier molecular flexibility index (Phi) is 7.19. The second kappa shape index (κ2) is 8.64. The van der Waals surface area contributed by atoms with Gasteiger partial charge in [0.1, 0.15) is 0 Å². The number of hydrogen-bond donors (Lipinski definition) is 1. The van der Waals surface area contributed by atoms with Crippen molar-refractivity contribution >= 4 is 29.2 Å². The summed E-state index contributed by atoms with van der Waals surface area (Å²) in [5, 5.41) is 3.39. The fourth-order valence-electron chi connectivity index (χ4n) is 1.71. The number of nitrogens with zero attached hydrogens (tertiary/aromatic N) is 1. The zero-order valence-corrected chi connectivity index (χ0v) is 13.4. The third-order valence-corrected chi connectivity index (χ3v) is 3.28. The van der Waals surface area contributed by atoms with E-state index in [2.05, 4.69) is 5.32 Å². The zero-order valence-electron chi connectivity index (χ0n) is 12.6. The van der Waals surface area contributed by atoms with E-state index in [9.17, 15) is 9.59 Å². The molecule has 0 aromatic heterocycles. The van der Waals surface area contributed by atoms with Gasteiger partial charge in [0.15, 0.2) is 0 Å². The Balaban J connectivity index is 2.38. The van der Waals surface area contributed by atoms with E-state index in [1.807, 2.05) is 13.0 Å². The molecule has 116 valence electrons. The van der Waals surface area contributed by atoms with Crippen LogP contribution in [0.25, 0.3) is 0 Å². The molecule has 0 saturated carbocycles. The molecule has 0 atom stereocenters. The van der Waals surface area contributed by atoms with Gasteiger partial charge >= 0.3 is 5.97 Å². The first-order valence-corrected chi connectivity index (χ1v) is 7.20. The van der Waals surface area contributed by atoms with E-state index in [1.54, 1.807) is 31.0 Å². The topological polar surface area (TPSA) is 58.6 Å². The van der Waals surface area contributed by atoms with Gasteiger partial charge in [-0.05, 0) is 38.6 Å². The maximum absolute atomic E-state index is 11.9. The van der Waals surface area contributed by atoms with E-state index >= 15 is 0 Å². The monoisotopic (exact) mass is 312 g/mol. The van der Waals surface area contributed by atoms with Crippen LogP contribution in [0.2, 0.25) is 5.02 Å². The van der Waals surface area contributed by atoms with E-state index in [0.29, 0.717) is 23.9 Å². The molecule has 21 heavy (non-hydrogen) atoms. The van der Waals surface area contributed by atoms with Gasteiger partial charge in [-0.1, -0.05) is 17.7 Å². The van der Waals surface area contributed by atoms with Crippen molar-refractivity contribution < 1.29 is 14.3 Å². The van der Waals surface area contributed by atoms with Crippen molar-refractivity contribution in [3.63, 3.8) is 0 Å². The standard InChI is InChI=1S/C15H21ClN2O3/c1-4-21-15(20)7-8-18(3)10-14(19)17-12-6-5-11(2)13(16)9-12/h5-6,9H,4,7-8,10H2,1-3H3,(H,17,19). The Labute approximate surface area is 130 Å². The smallest absolute Gasteiger partial charge is 0.307 e. The molecule has 0 saturated heterocycles. The minimum absolute atomic E-state index is 0.152. The molecule has 5 nitrogen and oxygen atoms in total. The third-order valence-electron chi connectivity index (χ3n) is 2.87. The van der Waals surface area contributed by atoms with Gasteiger partial charge in [-0.25, -0.2) is 0 Å². The molecule has 1 aromatic carbocycles. The molecule has 0 bridgehead atoms. The molecule has 0 heterocycles. The van der Waals surface area contributed by atoms with Crippen LogP contribution < -0.4 is 5.32 Å². The van der Waals surface area contributed by atoms with Gasteiger partial charge in [-0.2, -0.15) is 0 Å². The zero-order chi connectivity index (χ0) is 15.8. The summed E-state index contributed by atoms with van der Waals surface area (Å²) in [4.78, 5) is 24.9. The number of halogens is 1. The van der Waals surface area contributed by atoms with E-state index in [-0.39, 0.29) is 24.8 Å². The number of carbonyl (C=O) groups is 2. The first-order chi connectivity index (χ1) is 9.92. The number of anilines is 1. The number of likely N-dealkylation sites (N-methyl/N-ethyl adjacent to an activating group) is 1. The van der Waals surface area contributed by atoms with Crippen LogP contribution >= 0.6 is 11.6 Å². The Morgan fingerprint density at radius 1 is 1.38 bits per heavy atom. The summed E-state index contributed by atoms with van der Waals surface area (Å²) in [6, 6.07) is 5.37. The molecule has 1 amide bonds. The molecule has 1 aromatic rings. The Morgan fingerprint density at radius 2 is 2.10 bits per heavy atom. The lowest BCUT2D eigenvalue weighted by Crippen LogP contribution is -2.32.